The number of nitrogen functional groups attached to an aromatic ring is 1. The molecule has 13 heavy (non-hydrogen) atoms. The van der Waals surface area contributed by atoms with Crippen LogP contribution in [0.15, 0.2) is 16.6 Å². The SMILES string of the molecule is Cc1nn(C)c2c(Br)ccc(N)c12. The van der Waals surface area contributed by atoms with E-state index < -0.39 is 0 Å². The highest BCUT2D eigenvalue weighted by Gasteiger charge is 2.10. The van der Waals surface area contributed by atoms with Crippen molar-refractivity contribution in [3.05, 3.63) is 22.3 Å². The molecule has 0 radical (unpaired) electrons. The van der Waals surface area contributed by atoms with E-state index in [9.17, 15) is 0 Å². The van der Waals surface area contributed by atoms with Crippen LogP contribution in [-0.4, -0.2) is 9.78 Å². The van der Waals surface area contributed by atoms with Crippen LogP contribution in [0.1, 0.15) is 5.69 Å². The molecule has 4 heteroatoms. The number of nitrogens with zero attached hydrogens (tertiary/aromatic N) is 2. The van der Waals surface area contributed by atoms with Crippen LogP contribution >= 0.6 is 15.9 Å². The molecule has 0 saturated heterocycles. The van der Waals surface area contributed by atoms with Crippen molar-refractivity contribution in [2.45, 2.75) is 6.92 Å². The normalized spacial score (nSPS) is 11.0. The van der Waals surface area contributed by atoms with Gasteiger partial charge in [0.25, 0.3) is 0 Å². The van der Waals surface area contributed by atoms with E-state index in [-0.39, 0.29) is 0 Å². The molecule has 0 aliphatic carbocycles. The number of hydrogen-bond donors (Lipinski definition) is 1. The smallest absolute Gasteiger partial charge is 0.0844 e. The number of benzene rings is 1. The molecule has 0 unspecified atom stereocenters. The summed E-state index contributed by atoms with van der Waals surface area (Å²) in [6.07, 6.45) is 0. The summed E-state index contributed by atoms with van der Waals surface area (Å²) in [7, 11) is 1.92. The third-order valence-electron chi connectivity index (χ3n) is 2.15. The van der Waals surface area contributed by atoms with Crippen molar-refractivity contribution in [3.63, 3.8) is 0 Å². The summed E-state index contributed by atoms with van der Waals surface area (Å²) in [5, 5.41) is 5.36. The van der Waals surface area contributed by atoms with Gasteiger partial charge in [0, 0.05) is 22.6 Å². The number of hydrogen-bond acceptors (Lipinski definition) is 2. The third kappa shape index (κ3) is 1.13. The molecule has 0 aliphatic heterocycles. The van der Waals surface area contributed by atoms with Crippen LogP contribution in [0.25, 0.3) is 10.9 Å². The fourth-order valence-corrected chi connectivity index (χ4v) is 2.19. The van der Waals surface area contributed by atoms with Gasteiger partial charge in [0.2, 0.25) is 0 Å². The highest BCUT2D eigenvalue weighted by Crippen LogP contribution is 2.30. The Balaban J connectivity index is 3.03. The van der Waals surface area contributed by atoms with Crippen LogP contribution in [-0.2, 0) is 7.05 Å². The van der Waals surface area contributed by atoms with E-state index in [1.54, 1.807) is 0 Å². The monoisotopic (exact) mass is 239 g/mol. The molecule has 0 bridgehead atoms. The largest absolute Gasteiger partial charge is 0.398 e. The molecule has 1 heterocycles. The third-order valence-corrected chi connectivity index (χ3v) is 2.79. The molecule has 0 amide bonds. The predicted molar refractivity (Wildman–Crippen MR) is 57.6 cm³/mol. The molecular weight excluding hydrogens is 230 g/mol. The van der Waals surface area contributed by atoms with Crippen LogP contribution in [0.2, 0.25) is 0 Å². The number of nitrogens with two attached hydrogens (primary N) is 1. The number of halogens is 1. The lowest BCUT2D eigenvalue weighted by Gasteiger charge is -2.00. The van der Waals surface area contributed by atoms with Crippen LogP contribution in [0, 0.1) is 6.92 Å². The first-order chi connectivity index (χ1) is 6.11. The number of aryl methyl sites for hydroxylation is 2. The molecule has 1 aromatic carbocycles. The zero-order valence-electron chi connectivity index (χ0n) is 7.50. The van der Waals surface area contributed by atoms with Crippen LogP contribution < -0.4 is 5.73 Å². The Hall–Kier alpha value is -1.03. The topological polar surface area (TPSA) is 43.8 Å². The fourth-order valence-electron chi connectivity index (χ4n) is 1.60. The Bertz CT molecular complexity index is 431. The summed E-state index contributed by atoms with van der Waals surface area (Å²) in [6, 6.07) is 3.83. The predicted octanol–water partition coefficient (Wildman–Crippen LogP) is 2.23. The zero-order valence-corrected chi connectivity index (χ0v) is 9.09. The van der Waals surface area contributed by atoms with E-state index in [1.807, 2.05) is 30.8 Å². The van der Waals surface area contributed by atoms with Gasteiger partial charge in [-0.25, -0.2) is 0 Å². The van der Waals surface area contributed by atoms with E-state index in [1.165, 1.54) is 0 Å². The van der Waals surface area contributed by atoms with Crippen molar-refractivity contribution in [3.8, 4) is 0 Å². The Morgan fingerprint density at radius 3 is 2.77 bits per heavy atom. The summed E-state index contributed by atoms with van der Waals surface area (Å²) in [6.45, 7) is 1.96. The lowest BCUT2D eigenvalue weighted by molar-refractivity contribution is 0.782. The number of anilines is 1. The molecule has 0 aliphatic rings. The minimum absolute atomic E-state index is 0.781. The maximum absolute atomic E-state index is 5.87. The summed E-state index contributed by atoms with van der Waals surface area (Å²) in [4.78, 5) is 0. The van der Waals surface area contributed by atoms with Crippen LogP contribution in [0.5, 0.6) is 0 Å². The Morgan fingerprint density at radius 2 is 2.15 bits per heavy atom. The highest BCUT2D eigenvalue weighted by atomic mass is 79.9. The second-order valence-electron chi connectivity index (χ2n) is 3.07. The van der Waals surface area contributed by atoms with Gasteiger partial charge in [-0.2, -0.15) is 5.10 Å². The van der Waals surface area contributed by atoms with Gasteiger partial charge < -0.3 is 5.73 Å². The molecule has 1 aromatic heterocycles. The van der Waals surface area contributed by atoms with E-state index in [4.69, 9.17) is 5.73 Å². The van der Waals surface area contributed by atoms with Gasteiger partial charge in [-0.05, 0) is 35.0 Å². The minimum Gasteiger partial charge on any atom is -0.398 e. The molecule has 2 N–H and O–H groups in total. The second-order valence-corrected chi connectivity index (χ2v) is 3.92. The standard InChI is InChI=1S/C9H10BrN3/c1-5-8-7(11)4-3-6(10)9(8)13(2)12-5/h3-4H,11H2,1-2H3. The summed E-state index contributed by atoms with van der Waals surface area (Å²) < 4.78 is 2.87. The Labute approximate surface area is 84.7 Å². The maximum atomic E-state index is 5.87. The van der Waals surface area contributed by atoms with Crippen LogP contribution in [0.3, 0.4) is 0 Å². The summed E-state index contributed by atoms with van der Waals surface area (Å²) >= 11 is 3.48. The van der Waals surface area contributed by atoms with E-state index in [0.717, 1.165) is 26.8 Å². The molecule has 3 nitrogen and oxygen atoms in total. The van der Waals surface area contributed by atoms with Gasteiger partial charge in [0.15, 0.2) is 0 Å². The van der Waals surface area contributed by atoms with Gasteiger partial charge >= 0.3 is 0 Å². The molecule has 2 aromatic rings. The zero-order chi connectivity index (χ0) is 9.59. The minimum atomic E-state index is 0.781. The quantitative estimate of drug-likeness (QED) is 0.717. The molecule has 2 rings (SSSR count). The first-order valence-corrected chi connectivity index (χ1v) is 4.78. The Morgan fingerprint density at radius 1 is 1.46 bits per heavy atom. The number of fused-ring (bicyclic) bond motifs is 1. The first kappa shape index (κ1) is 8.56. The van der Waals surface area contributed by atoms with Gasteiger partial charge in [-0.3, -0.25) is 4.68 Å². The van der Waals surface area contributed by atoms with Gasteiger partial charge in [-0.15, -0.1) is 0 Å². The first-order valence-electron chi connectivity index (χ1n) is 3.98. The van der Waals surface area contributed by atoms with E-state index >= 15 is 0 Å². The lowest BCUT2D eigenvalue weighted by Crippen LogP contribution is -1.91. The van der Waals surface area contributed by atoms with Crippen molar-refractivity contribution < 1.29 is 0 Å². The Kier molecular flexibility index (Phi) is 1.80. The molecule has 0 saturated carbocycles. The van der Waals surface area contributed by atoms with E-state index in [2.05, 4.69) is 21.0 Å². The average Bonchev–Trinajstić information content (AvgIpc) is 2.36. The number of rotatable bonds is 0. The van der Waals surface area contributed by atoms with Crippen molar-refractivity contribution in [1.29, 1.82) is 0 Å². The van der Waals surface area contributed by atoms with Gasteiger partial charge in [-0.1, -0.05) is 0 Å². The highest BCUT2D eigenvalue weighted by molar-refractivity contribution is 9.10. The summed E-state index contributed by atoms with van der Waals surface area (Å²) in [5.41, 5.74) is 8.67. The second kappa shape index (κ2) is 2.73. The number of aromatic nitrogens is 2. The van der Waals surface area contributed by atoms with Crippen molar-refractivity contribution >= 4 is 32.5 Å². The molecule has 0 spiro atoms. The molecule has 68 valence electrons. The van der Waals surface area contributed by atoms with Gasteiger partial charge in [0.05, 0.1) is 11.2 Å². The molecule has 0 atom stereocenters. The average molecular weight is 240 g/mol. The van der Waals surface area contributed by atoms with Gasteiger partial charge in [0.1, 0.15) is 0 Å². The van der Waals surface area contributed by atoms with Crippen LogP contribution in [0.4, 0.5) is 5.69 Å². The van der Waals surface area contributed by atoms with E-state index in [0.29, 0.717) is 0 Å². The summed E-state index contributed by atoms with van der Waals surface area (Å²) in [5.74, 6) is 0. The molecular formula is C9H10BrN3. The molecule has 0 fully saturated rings. The van der Waals surface area contributed by atoms with Crippen molar-refractivity contribution in [2.75, 3.05) is 5.73 Å². The van der Waals surface area contributed by atoms with Crippen molar-refractivity contribution in [1.82, 2.24) is 9.78 Å². The lowest BCUT2D eigenvalue weighted by atomic mass is 10.2. The van der Waals surface area contributed by atoms with Crippen molar-refractivity contribution in [2.24, 2.45) is 7.05 Å². The maximum Gasteiger partial charge on any atom is 0.0844 e. The fraction of sp³-hybridized carbons (Fsp3) is 0.222.